The van der Waals surface area contributed by atoms with Crippen molar-refractivity contribution >= 4 is 29.5 Å². The molecule has 0 saturated heterocycles. The minimum atomic E-state index is -0.893. The van der Waals surface area contributed by atoms with E-state index in [1.165, 1.54) is 7.11 Å². The number of methoxy groups -OCH3 is 1. The smallest absolute Gasteiger partial charge is 0.351 e. The molecule has 13 heteroatoms. The fraction of sp³-hybridized carbons (Fsp3) is 0.393. The lowest BCUT2D eigenvalue weighted by atomic mass is 10.1. The third-order valence-corrected chi connectivity index (χ3v) is 6.32. The van der Waals surface area contributed by atoms with Gasteiger partial charge in [0.1, 0.15) is 17.5 Å². The standard InChI is InChI=1S/C28H35N7O6/c1-39-25(37)22(12-13-29)32-24(36)21-11-8-19-16-23(21)41-15-5-3-2-4-14-40-20-9-6-18(7-10-20)17-30-26-33-27(31-19)35-28(38)34-26/h6-11,16,22H,2-5,12-15,17,29H2,1H3,(H,32,36)(H3,30,31,33,34,35,38)/t22-/m0/s1. The summed E-state index contributed by atoms with van der Waals surface area (Å²) in [5, 5.41) is 8.78. The largest absolute Gasteiger partial charge is 0.494 e. The zero-order valence-corrected chi connectivity index (χ0v) is 22.9. The molecule has 2 aliphatic heterocycles. The van der Waals surface area contributed by atoms with E-state index in [1.54, 1.807) is 18.2 Å². The Morgan fingerprint density at radius 2 is 1.80 bits per heavy atom. The highest BCUT2D eigenvalue weighted by Gasteiger charge is 2.23. The van der Waals surface area contributed by atoms with Gasteiger partial charge >= 0.3 is 11.7 Å². The van der Waals surface area contributed by atoms with Gasteiger partial charge in [-0.25, -0.2) is 9.59 Å². The van der Waals surface area contributed by atoms with Crippen molar-refractivity contribution in [3.8, 4) is 11.5 Å². The molecular weight excluding hydrogens is 530 g/mol. The summed E-state index contributed by atoms with van der Waals surface area (Å²) in [6.45, 7) is 1.57. The molecule has 6 N–H and O–H groups in total. The van der Waals surface area contributed by atoms with Crippen molar-refractivity contribution in [2.24, 2.45) is 5.73 Å². The van der Waals surface area contributed by atoms with Crippen molar-refractivity contribution in [2.45, 2.75) is 44.7 Å². The number of nitrogens with zero attached hydrogens (tertiary/aromatic N) is 2. The summed E-state index contributed by atoms with van der Waals surface area (Å²) in [6.07, 6.45) is 3.76. The van der Waals surface area contributed by atoms with Gasteiger partial charge in [-0.05, 0) is 68.5 Å². The van der Waals surface area contributed by atoms with Crippen LogP contribution in [0.1, 0.15) is 48.0 Å². The Hall–Kier alpha value is -4.65. The fourth-order valence-electron chi connectivity index (χ4n) is 4.17. The topological polar surface area (TPSA) is 183 Å². The number of anilines is 3. The van der Waals surface area contributed by atoms with Gasteiger partial charge in [-0.3, -0.25) is 9.78 Å². The Bertz CT molecular complexity index is 1380. The van der Waals surface area contributed by atoms with Crippen LogP contribution in [0, 0.1) is 0 Å². The third kappa shape index (κ3) is 8.67. The van der Waals surface area contributed by atoms with E-state index in [4.69, 9.17) is 19.9 Å². The van der Waals surface area contributed by atoms with Crippen molar-refractivity contribution in [3.63, 3.8) is 0 Å². The summed E-state index contributed by atoms with van der Waals surface area (Å²) in [6, 6.07) is 11.6. The molecule has 1 aromatic heterocycles. The number of aromatic amines is 1. The van der Waals surface area contributed by atoms with Crippen molar-refractivity contribution in [1.29, 1.82) is 0 Å². The molecule has 5 rings (SSSR count). The Morgan fingerprint density at radius 1 is 1.05 bits per heavy atom. The van der Waals surface area contributed by atoms with Crippen molar-refractivity contribution in [3.05, 3.63) is 64.1 Å². The van der Waals surface area contributed by atoms with Crippen LogP contribution in [0.2, 0.25) is 0 Å². The summed E-state index contributed by atoms with van der Waals surface area (Å²) < 4.78 is 16.7. The first-order chi connectivity index (χ1) is 19.9. The van der Waals surface area contributed by atoms with Crippen molar-refractivity contribution in [1.82, 2.24) is 20.3 Å². The number of hydrogen-bond donors (Lipinski definition) is 5. The number of benzene rings is 2. The maximum absolute atomic E-state index is 13.2. The molecule has 2 aromatic carbocycles. The molecule has 6 bridgehead atoms. The second kappa shape index (κ2) is 14.7. The number of fused-ring (bicyclic) bond motifs is 10. The second-order valence-corrected chi connectivity index (χ2v) is 9.40. The molecule has 3 heterocycles. The molecule has 1 amide bonds. The van der Waals surface area contributed by atoms with Crippen LogP contribution in [0.5, 0.6) is 11.5 Å². The zero-order valence-electron chi connectivity index (χ0n) is 22.9. The SMILES string of the molecule is COC(=O)[C@H](CCN)NC(=O)c1ccc2cc1OCCCCCCOc1ccc(cc1)CNc1nc([nH]c(=O)n1)N2. The highest BCUT2D eigenvalue weighted by Crippen LogP contribution is 2.26. The van der Waals surface area contributed by atoms with E-state index in [2.05, 4.69) is 30.9 Å². The van der Waals surface area contributed by atoms with Gasteiger partial charge in [-0.1, -0.05) is 12.1 Å². The first-order valence-electron chi connectivity index (χ1n) is 13.5. The fourth-order valence-corrected chi connectivity index (χ4v) is 4.17. The molecule has 0 saturated carbocycles. The molecule has 0 unspecified atom stereocenters. The van der Waals surface area contributed by atoms with Crippen LogP contribution < -0.4 is 36.8 Å². The van der Waals surface area contributed by atoms with E-state index in [0.29, 0.717) is 31.2 Å². The third-order valence-electron chi connectivity index (χ3n) is 6.32. The number of rotatable bonds is 5. The van der Waals surface area contributed by atoms with Crippen molar-refractivity contribution in [2.75, 3.05) is 37.5 Å². The molecule has 0 fully saturated rings. The molecule has 2 aliphatic rings. The van der Waals surface area contributed by atoms with Crippen LogP contribution in [0.4, 0.5) is 17.6 Å². The molecule has 1 atom stereocenters. The van der Waals surface area contributed by atoms with E-state index in [-0.39, 0.29) is 30.4 Å². The van der Waals surface area contributed by atoms with Gasteiger partial charge in [-0.15, -0.1) is 0 Å². The van der Waals surface area contributed by atoms with Gasteiger partial charge in [-0.2, -0.15) is 9.97 Å². The van der Waals surface area contributed by atoms with E-state index < -0.39 is 23.6 Å². The number of carbonyl (C=O) groups excluding carboxylic acids is 2. The van der Waals surface area contributed by atoms with Gasteiger partial charge in [0.25, 0.3) is 5.91 Å². The number of nitrogens with one attached hydrogen (secondary N) is 4. The highest BCUT2D eigenvalue weighted by molar-refractivity contribution is 5.99. The quantitative estimate of drug-likeness (QED) is 0.287. The minimum absolute atomic E-state index is 0.142. The number of nitrogens with two attached hydrogens (primary N) is 1. The second-order valence-electron chi connectivity index (χ2n) is 9.40. The van der Waals surface area contributed by atoms with Gasteiger partial charge < -0.3 is 35.9 Å². The molecule has 3 aromatic rings. The molecule has 41 heavy (non-hydrogen) atoms. The van der Waals surface area contributed by atoms with Crippen LogP contribution in [-0.2, 0) is 16.1 Å². The monoisotopic (exact) mass is 565 g/mol. The van der Waals surface area contributed by atoms with Crippen molar-refractivity contribution < 1.29 is 23.8 Å². The summed E-state index contributed by atoms with van der Waals surface area (Å²) in [5.41, 5.74) is 6.74. The predicted octanol–water partition coefficient (Wildman–Crippen LogP) is 2.47. The Kier molecular flexibility index (Phi) is 10.5. The van der Waals surface area contributed by atoms with E-state index >= 15 is 0 Å². The molecule has 0 radical (unpaired) electrons. The summed E-state index contributed by atoms with van der Waals surface area (Å²) in [5.74, 6) is 0.286. The van der Waals surface area contributed by atoms with E-state index in [9.17, 15) is 14.4 Å². The van der Waals surface area contributed by atoms with Crippen LogP contribution in [0.3, 0.4) is 0 Å². The molecule has 0 aliphatic carbocycles. The normalized spacial score (nSPS) is 14.6. The van der Waals surface area contributed by atoms with Crippen LogP contribution >= 0.6 is 0 Å². The van der Waals surface area contributed by atoms with Gasteiger partial charge in [0.2, 0.25) is 11.9 Å². The lowest BCUT2D eigenvalue weighted by Crippen LogP contribution is -2.42. The average molecular weight is 566 g/mol. The number of aromatic nitrogens is 3. The minimum Gasteiger partial charge on any atom is -0.494 e. The average Bonchev–Trinajstić information content (AvgIpc) is 2.96. The summed E-state index contributed by atoms with van der Waals surface area (Å²) in [4.78, 5) is 48.3. The summed E-state index contributed by atoms with van der Waals surface area (Å²) >= 11 is 0. The number of carbonyl (C=O) groups is 2. The molecular formula is C28H35N7O6. The van der Waals surface area contributed by atoms with E-state index in [1.807, 2.05) is 24.3 Å². The molecule has 13 nitrogen and oxygen atoms in total. The number of ether oxygens (including phenoxy) is 3. The Morgan fingerprint density at radius 3 is 2.54 bits per heavy atom. The van der Waals surface area contributed by atoms with E-state index in [0.717, 1.165) is 37.0 Å². The van der Waals surface area contributed by atoms with Gasteiger partial charge in [0.05, 0.1) is 25.9 Å². The number of H-pyrrole nitrogens is 1. The first kappa shape index (κ1) is 29.3. The zero-order chi connectivity index (χ0) is 29.0. The van der Waals surface area contributed by atoms with Crippen LogP contribution in [0.15, 0.2) is 47.3 Å². The number of amides is 1. The lowest BCUT2D eigenvalue weighted by molar-refractivity contribution is -0.143. The lowest BCUT2D eigenvalue weighted by Gasteiger charge is -2.18. The first-order valence-corrected chi connectivity index (χ1v) is 13.5. The number of esters is 1. The maximum Gasteiger partial charge on any atom is 0.351 e. The van der Waals surface area contributed by atoms with Crippen LogP contribution in [0.25, 0.3) is 0 Å². The van der Waals surface area contributed by atoms with Gasteiger partial charge in [0.15, 0.2) is 0 Å². The molecule has 0 spiro atoms. The molecule has 218 valence electrons. The number of hydrogen-bond acceptors (Lipinski definition) is 11. The maximum atomic E-state index is 13.2. The van der Waals surface area contributed by atoms with Gasteiger partial charge in [0, 0.05) is 18.3 Å². The predicted molar refractivity (Wildman–Crippen MR) is 153 cm³/mol. The Balaban J connectivity index is 1.58. The summed E-state index contributed by atoms with van der Waals surface area (Å²) in [7, 11) is 1.25. The highest BCUT2D eigenvalue weighted by atomic mass is 16.5. The Labute approximate surface area is 237 Å². The van der Waals surface area contributed by atoms with Crippen LogP contribution in [-0.4, -0.2) is 59.7 Å².